The summed E-state index contributed by atoms with van der Waals surface area (Å²) in [4.78, 5) is 12.6. The normalized spacial score (nSPS) is 10.2. The molecule has 0 saturated heterocycles. The minimum absolute atomic E-state index is 0.177. The lowest BCUT2D eigenvalue weighted by molar-refractivity contribution is 0.102. The van der Waals surface area contributed by atoms with Crippen LogP contribution >= 0.6 is 11.6 Å². The summed E-state index contributed by atoms with van der Waals surface area (Å²) in [7, 11) is 0. The molecule has 0 spiro atoms. The van der Waals surface area contributed by atoms with Gasteiger partial charge in [0.2, 0.25) is 0 Å². The molecule has 0 aliphatic heterocycles. The number of hydrogen-bond donors (Lipinski definition) is 2. The van der Waals surface area contributed by atoms with Crippen LogP contribution < -0.4 is 10.6 Å². The van der Waals surface area contributed by atoms with Gasteiger partial charge in [-0.15, -0.1) is 0 Å². The molecule has 3 aromatic rings. The highest BCUT2D eigenvalue weighted by molar-refractivity contribution is 6.31. The minimum atomic E-state index is -0.177. The summed E-state index contributed by atoms with van der Waals surface area (Å²) < 4.78 is 0. The van der Waals surface area contributed by atoms with E-state index in [-0.39, 0.29) is 5.91 Å². The third-order valence-electron chi connectivity index (χ3n) is 3.68. The molecule has 3 nitrogen and oxygen atoms in total. The second kappa shape index (κ2) is 7.20. The Bertz CT molecular complexity index is 863. The Morgan fingerprint density at radius 1 is 0.958 bits per heavy atom. The molecule has 0 bridgehead atoms. The molecule has 0 aliphatic rings. The van der Waals surface area contributed by atoms with Crippen LogP contribution in [0.15, 0.2) is 66.7 Å². The van der Waals surface area contributed by atoms with E-state index in [1.807, 2.05) is 43.3 Å². The van der Waals surface area contributed by atoms with E-state index in [9.17, 15) is 4.79 Å². The zero-order chi connectivity index (χ0) is 16.9. The molecule has 3 rings (SSSR count). The average Bonchev–Trinajstić information content (AvgIpc) is 2.60. The van der Waals surface area contributed by atoms with E-state index < -0.39 is 0 Å². The molecule has 24 heavy (non-hydrogen) atoms. The monoisotopic (exact) mass is 335 g/mol. The van der Waals surface area contributed by atoms with Crippen LogP contribution in [0.3, 0.4) is 0 Å². The van der Waals surface area contributed by atoms with Gasteiger partial charge in [-0.3, -0.25) is 4.79 Å². The Balaban J connectivity index is 1.88. The van der Waals surface area contributed by atoms with Crippen molar-refractivity contribution in [3.8, 4) is 0 Å². The fourth-order valence-electron chi connectivity index (χ4n) is 2.35. The van der Waals surface area contributed by atoms with Gasteiger partial charge < -0.3 is 10.6 Å². The summed E-state index contributed by atoms with van der Waals surface area (Å²) in [5.74, 6) is -0.177. The van der Waals surface area contributed by atoms with Crippen molar-refractivity contribution >= 4 is 34.6 Å². The number of hydrogen-bond acceptors (Lipinski definition) is 2. The van der Waals surface area contributed by atoms with Gasteiger partial charge in [0, 0.05) is 16.4 Å². The predicted molar refractivity (Wildman–Crippen MR) is 99.1 cm³/mol. The molecule has 3 aromatic carbocycles. The molecule has 119 valence electrons. The summed E-state index contributed by atoms with van der Waals surface area (Å²) in [6.07, 6.45) is 0. The lowest BCUT2D eigenvalue weighted by Gasteiger charge is -2.14. The molecule has 4 heteroatoms. The maximum atomic E-state index is 12.6. The Hall–Kier alpha value is -2.78. The summed E-state index contributed by atoms with van der Waals surface area (Å²) >= 11 is 6.17. The van der Waals surface area contributed by atoms with Crippen molar-refractivity contribution < 1.29 is 4.79 Å². The van der Waals surface area contributed by atoms with Crippen LogP contribution in [0.4, 0.5) is 17.1 Å². The van der Waals surface area contributed by atoms with Gasteiger partial charge in [-0.05, 0) is 55.0 Å². The largest absolute Gasteiger partial charge is 0.355 e. The van der Waals surface area contributed by atoms with Crippen LogP contribution in [0.5, 0.6) is 0 Å². The van der Waals surface area contributed by atoms with E-state index in [1.165, 1.54) is 0 Å². The number of amides is 1. The van der Waals surface area contributed by atoms with Crippen molar-refractivity contribution in [1.29, 1.82) is 0 Å². The van der Waals surface area contributed by atoms with Gasteiger partial charge in [0.05, 0.1) is 11.3 Å². The lowest BCUT2D eigenvalue weighted by atomic mass is 10.1. The molecule has 0 aliphatic carbocycles. The quantitative estimate of drug-likeness (QED) is 0.666. The third-order valence-corrected chi connectivity index (χ3v) is 4.09. The van der Waals surface area contributed by atoms with Gasteiger partial charge in [0.1, 0.15) is 0 Å². The topological polar surface area (TPSA) is 41.1 Å². The zero-order valence-corrected chi connectivity index (χ0v) is 13.9. The van der Waals surface area contributed by atoms with Crippen LogP contribution in [-0.4, -0.2) is 5.91 Å². The average molecular weight is 336 g/mol. The van der Waals surface area contributed by atoms with E-state index in [1.54, 1.807) is 30.3 Å². The Labute approximate surface area is 146 Å². The van der Waals surface area contributed by atoms with Gasteiger partial charge in [-0.2, -0.15) is 0 Å². The number of carbonyl (C=O) groups is 1. The van der Waals surface area contributed by atoms with Gasteiger partial charge in [-0.25, -0.2) is 0 Å². The molecule has 0 saturated carbocycles. The van der Waals surface area contributed by atoms with Crippen molar-refractivity contribution in [2.75, 3.05) is 10.6 Å². The van der Waals surface area contributed by atoms with Crippen LogP contribution in [0.2, 0.25) is 5.02 Å². The number of halogens is 1. The maximum absolute atomic E-state index is 12.6. The van der Waals surface area contributed by atoms with Crippen LogP contribution in [0.1, 0.15) is 15.9 Å². The SMILES string of the molecule is Cc1c(Cl)cccc1Nc1ccccc1C(=O)Nc1cc[c]cc1. The van der Waals surface area contributed by atoms with Crippen LogP contribution in [0, 0.1) is 13.0 Å². The zero-order valence-electron chi connectivity index (χ0n) is 13.1. The van der Waals surface area contributed by atoms with Gasteiger partial charge in [0.25, 0.3) is 5.91 Å². The predicted octanol–water partition coefficient (Wildman–Crippen LogP) is 5.44. The Morgan fingerprint density at radius 3 is 2.46 bits per heavy atom. The van der Waals surface area contributed by atoms with E-state index >= 15 is 0 Å². The molecule has 0 heterocycles. The van der Waals surface area contributed by atoms with E-state index in [4.69, 9.17) is 11.6 Å². The van der Waals surface area contributed by atoms with Crippen molar-refractivity contribution in [2.24, 2.45) is 0 Å². The number of carbonyl (C=O) groups excluding carboxylic acids is 1. The molecule has 0 unspecified atom stereocenters. The maximum Gasteiger partial charge on any atom is 0.257 e. The fraction of sp³-hybridized carbons (Fsp3) is 0.0500. The first-order valence-electron chi connectivity index (χ1n) is 7.54. The molecular formula is C20H16ClN2O. The third kappa shape index (κ3) is 3.58. The number of benzene rings is 3. The van der Waals surface area contributed by atoms with E-state index in [0.29, 0.717) is 10.6 Å². The standard InChI is InChI=1S/C20H16ClN2O/c1-14-17(21)11-7-13-18(14)23-19-12-6-5-10-16(19)20(24)22-15-8-3-2-4-9-15/h3-13,23H,1H3,(H,22,24). The highest BCUT2D eigenvalue weighted by atomic mass is 35.5. The lowest BCUT2D eigenvalue weighted by Crippen LogP contribution is -2.13. The Kier molecular flexibility index (Phi) is 4.82. The van der Waals surface area contributed by atoms with Crippen LogP contribution in [0.25, 0.3) is 0 Å². The summed E-state index contributed by atoms with van der Waals surface area (Å²) in [5, 5.41) is 6.87. The molecule has 1 amide bonds. The van der Waals surface area contributed by atoms with Crippen molar-refractivity contribution in [2.45, 2.75) is 6.92 Å². The molecule has 2 N–H and O–H groups in total. The first-order chi connectivity index (χ1) is 11.6. The first kappa shape index (κ1) is 16.1. The molecule has 0 atom stereocenters. The van der Waals surface area contributed by atoms with Crippen LogP contribution in [-0.2, 0) is 0 Å². The van der Waals surface area contributed by atoms with Gasteiger partial charge >= 0.3 is 0 Å². The van der Waals surface area contributed by atoms with E-state index in [0.717, 1.165) is 22.6 Å². The van der Waals surface area contributed by atoms with Gasteiger partial charge in [0.15, 0.2) is 0 Å². The summed E-state index contributed by atoms with van der Waals surface area (Å²) in [6.45, 7) is 1.94. The fourth-order valence-corrected chi connectivity index (χ4v) is 2.52. The first-order valence-corrected chi connectivity index (χ1v) is 7.91. The smallest absolute Gasteiger partial charge is 0.257 e. The number of nitrogens with one attached hydrogen (secondary N) is 2. The van der Waals surface area contributed by atoms with E-state index in [2.05, 4.69) is 16.7 Å². The van der Waals surface area contributed by atoms with Crippen molar-refractivity contribution in [3.05, 3.63) is 88.9 Å². The number of rotatable bonds is 4. The summed E-state index contributed by atoms with van der Waals surface area (Å²) in [6, 6.07) is 23.1. The second-order valence-corrected chi connectivity index (χ2v) is 5.73. The van der Waals surface area contributed by atoms with Gasteiger partial charge in [-0.1, -0.05) is 41.9 Å². The Morgan fingerprint density at radius 2 is 1.67 bits per heavy atom. The van der Waals surface area contributed by atoms with Crippen molar-refractivity contribution in [3.63, 3.8) is 0 Å². The second-order valence-electron chi connectivity index (χ2n) is 5.33. The highest BCUT2D eigenvalue weighted by Crippen LogP contribution is 2.28. The highest BCUT2D eigenvalue weighted by Gasteiger charge is 2.12. The molecule has 1 radical (unpaired) electrons. The summed E-state index contributed by atoms with van der Waals surface area (Å²) in [5.41, 5.74) is 3.82. The number of anilines is 3. The molecular weight excluding hydrogens is 320 g/mol. The molecule has 0 aromatic heterocycles. The van der Waals surface area contributed by atoms with Crippen molar-refractivity contribution in [1.82, 2.24) is 0 Å². The minimum Gasteiger partial charge on any atom is -0.355 e. The molecule has 0 fully saturated rings. The number of para-hydroxylation sites is 1.